The molecule has 0 bridgehead atoms. The smallest absolute Gasteiger partial charge is 0.0952 e. The van der Waals surface area contributed by atoms with Crippen molar-refractivity contribution in [3.63, 3.8) is 0 Å². The molecule has 0 aromatic heterocycles. The predicted molar refractivity (Wildman–Crippen MR) is 71.2 cm³/mol. The van der Waals surface area contributed by atoms with Gasteiger partial charge in [0.25, 0.3) is 0 Å². The molecule has 2 unspecified atom stereocenters. The third kappa shape index (κ3) is 1.95. The number of hydroxylamine groups is 2. The van der Waals surface area contributed by atoms with Crippen LogP contribution in [0.4, 0.5) is 0 Å². The molecule has 2 atom stereocenters. The highest BCUT2D eigenvalue weighted by Gasteiger charge is 2.53. The molecule has 1 heterocycles. The van der Waals surface area contributed by atoms with Gasteiger partial charge in [-0.3, -0.25) is 0 Å². The molecule has 0 aromatic carbocycles. The molecule has 0 saturated carbocycles. The first kappa shape index (κ1) is 15.1. The second-order valence-electron chi connectivity index (χ2n) is 5.62. The van der Waals surface area contributed by atoms with Crippen LogP contribution in [0.5, 0.6) is 0 Å². The lowest BCUT2D eigenvalue weighted by molar-refractivity contribution is -0.190. The van der Waals surface area contributed by atoms with Gasteiger partial charge < -0.3 is 15.4 Å². The van der Waals surface area contributed by atoms with Crippen LogP contribution in [0.25, 0.3) is 0 Å². The molecule has 0 saturated heterocycles. The topological polar surface area (TPSA) is 63.9 Å². The van der Waals surface area contributed by atoms with Crippen LogP contribution in [0.3, 0.4) is 0 Å². The molecule has 1 aliphatic heterocycles. The lowest BCUT2D eigenvalue weighted by Crippen LogP contribution is -2.50. The van der Waals surface area contributed by atoms with E-state index in [1.807, 2.05) is 0 Å². The Morgan fingerprint density at radius 1 is 0.944 bits per heavy atom. The Labute approximate surface area is 109 Å². The Morgan fingerprint density at radius 2 is 1.22 bits per heavy atom. The Morgan fingerprint density at radius 3 is 1.44 bits per heavy atom. The quantitative estimate of drug-likeness (QED) is 0.666. The average molecular weight is 253 g/mol. The van der Waals surface area contributed by atoms with Gasteiger partial charge in [-0.1, -0.05) is 12.2 Å². The summed E-state index contributed by atoms with van der Waals surface area (Å²) >= 11 is 0. The molecule has 102 valence electrons. The minimum atomic E-state index is -0.916. The van der Waals surface area contributed by atoms with Gasteiger partial charge in [-0.05, 0) is 38.8 Å². The summed E-state index contributed by atoms with van der Waals surface area (Å²) in [6.45, 7) is 14.3. The minimum Gasteiger partial charge on any atom is -0.385 e. The van der Waals surface area contributed by atoms with Crippen LogP contribution < -0.4 is 0 Å². The zero-order valence-corrected chi connectivity index (χ0v) is 11.5. The molecular weight excluding hydrogens is 230 g/mol. The monoisotopic (exact) mass is 253 g/mol. The van der Waals surface area contributed by atoms with Crippen molar-refractivity contribution in [3.05, 3.63) is 36.5 Å². The van der Waals surface area contributed by atoms with Gasteiger partial charge in [0.15, 0.2) is 0 Å². The number of aliphatic hydroxyl groups is 2. The molecule has 3 N–H and O–H groups in total. The summed E-state index contributed by atoms with van der Waals surface area (Å²) in [6.07, 6.45) is 0.951. The van der Waals surface area contributed by atoms with Gasteiger partial charge in [-0.15, -0.1) is 13.2 Å². The number of rotatable bonds is 4. The summed E-state index contributed by atoms with van der Waals surface area (Å²) in [6, 6.07) is 0. The minimum absolute atomic E-state index is 0.567. The fraction of sp³-hybridized carbons (Fsp3) is 0.571. The largest absolute Gasteiger partial charge is 0.385 e. The van der Waals surface area contributed by atoms with E-state index < -0.39 is 23.3 Å². The molecule has 4 nitrogen and oxygen atoms in total. The van der Waals surface area contributed by atoms with Gasteiger partial charge in [0.05, 0.1) is 23.3 Å². The van der Waals surface area contributed by atoms with Crippen molar-refractivity contribution < 1.29 is 15.4 Å². The number of nitrogens with zero attached hydrogens (tertiary/aromatic N) is 1. The molecule has 0 fully saturated rings. The molecule has 0 amide bonds. The van der Waals surface area contributed by atoms with Crippen molar-refractivity contribution in [1.29, 1.82) is 0 Å². The standard InChI is InChI=1S/C14H23NO3/c1-7-9(16)11-12(10(17)8-2)14(5,6)15(18)13(11,3)4/h7-10,16-18H,1-2H2,3-6H3. The summed E-state index contributed by atoms with van der Waals surface area (Å²) in [7, 11) is 0. The van der Waals surface area contributed by atoms with E-state index in [0.717, 1.165) is 5.06 Å². The number of hydrogen-bond donors (Lipinski definition) is 3. The summed E-state index contributed by atoms with van der Waals surface area (Å²) in [5.41, 5.74) is -0.429. The summed E-state index contributed by atoms with van der Waals surface area (Å²) in [5, 5.41) is 31.7. The molecule has 0 radical (unpaired) electrons. The van der Waals surface area contributed by atoms with Gasteiger partial charge in [-0.25, -0.2) is 0 Å². The van der Waals surface area contributed by atoms with Crippen molar-refractivity contribution in [2.75, 3.05) is 0 Å². The summed E-state index contributed by atoms with van der Waals surface area (Å²) in [5.74, 6) is 0. The highest BCUT2D eigenvalue weighted by atomic mass is 16.5. The van der Waals surface area contributed by atoms with Crippen LogP contribution in [0, 0.1) is 0 Å². The maximum absolute atomic E-state index is 10.3. The van der Waals surface area contributed by atoms with Crippen molar-refractivity contribution in [3.8, 4) is 0 Å². The van der Waals surface area contributed by atoms with Gasteiger partial charge in [0.1, 0.15) is 0 Å². The first-order valence-electron chi connectivity index (χ1n) is 5.97. The van der Waals surface area contributed by atoms with E-state index in [9.17, 15) is 15.4 Å². The lowest BCUT2D eigenvalue weighted by Gasteiger charge is -2.37. The van der Waals surface area contributed by atoms with Crippen LogP contribution in [0.1, 0.15) is 27.7 Å². The molecule has 0 spiro atoms. The van der Waals surface area contributed by atoms with Crippen LogP contribution in [-0.4, -0.2) is 43.8 Å². The van der Waals surface area contributed by atoms with Crippen molar-refractivity contribution >= 4 is 0 Å². The third-order valence-corrected chi connectivity index (χ3v) is 3.71. The first-order chi connectivity index (χ1) is 8.12. The Hall–Kier alpha value is -0.940. The van der Waals surface area contributed by atoms with E-state index in [2.05, 4.69) is 13.2 Å². The van der Waals surface area contributed by atoms with E-state index in [1.54, 1.807) is 27.7 Å². The van der Waals surface area contributed by atoms with Gasteiger partial charge in [-0.2, -0.15) is 5.06 Å². The van der Waals surface area contributed by atoms with E-state index in [1.165, 1.54) is 12.2 Å². The van der Waals surface area contributed by atoms with Crippen molar-refractivity contribution in [1.82, 2.24) is 5.06 Å². The zero-order chi connectivity index (χ0) is 14.3. The normalized spacial score (nSPS) is 25.9. The number of aliphatic hydroxyl groups excluding tert-OH is 2. The highest BCUT2D eigenvalue weighted by molar-refractivity contribution is 5.45. The van der Waals surface area contributed by atoms with Gasteiger partial charge >= 0.3 is 0 Å². The molecule has 18 heavy (non-hydrogen) atoms. The summed E-state index contributed by atoms with van der Waals surface area (Å²) < 4.78 is 0. The van der Waals surface area contributed by atoms with E-state index in [4.69, 9.17) is 0 Å². The highest BCUT2D eigenvalue weighted by Crippen LogP contribution is 2.46. The molecular formula is C14H23NO3. The SMILES string of the molecule is C=CC(O)C1=C(C(O)C=C)C(C)(C)N(O)C1(C)C. The Kier molecular flexibility index (Phi) is 3.89. The molecule has 1 aliphatic rings. The molecule has 1 rings (SSSR count). The van der Waals surface area contributed by atoms with E-state index in [-0.39, 0.29) is 0 Å². The average Bonchev–Trinajstić information content (AvgIpc) is 2.45. The van der Waals surface area contributed by atoms with E-state index in [0.29, 0.717) is 11.1 Å². The maximum atomic E-state index is 10.3. The van der Waals surface area contributed by atoms with Crippen molar-refractivity contribution in [2.24, 2.45) is 0 Å². The molecule has 0 aliphatic carbocycles. The Bertz CT molecular complexity index is 360. The Balaban J connectivity index is 3.55. The van der Waals surface area contributed by atoms with Crippen LogP contribution in [0.15, 0.2) is 36.5 Å². The fourth-order valence-electron chi connectivity index (χ4n) is 2.86. The zero-order valence-electron chi connectivity index (χ0n) is 11.5. The summed E-state index contributed by atoms with van der Waals surface area (Å²) in [4.78, 5) is 0. The second kappa shape index (κ2) is 4.63. The van der Waals surface area contributed by atoms with Gasteiger partial charge in [0.2, 0.25) is 0 Å². The first-order valence-corrected chi connectivity index (χ1v) is 5.97. The number of hydrogen-bond acceptors (Lipinski definition) is 4. The van der Waals surface area contributed by atoms with Gasteiger partial charge in [0, 0.05) is 0 Å². The maximum Gasteiger partial charge on any atom is 0.0952 e. The van der Waals surface area contributed by atoms with Crippen molar-refractivity contribution in [2.45, 2.75) is 51.0 Å². The lowest BCUT2D eigenvalue weighted by atomic mass is 9.84. The second-order valence-corrected chi connectivity index (χ2v) is 5.62. The van der Waals surface area contributed by atoms with Crippen LogP contribution >= 0.6 is 0 Å². The van der Waals surface area contributed by atoms with Crippen LogP contribution in [0.2, 0.25) is 0 Å². The molecule has 4 heteroatoms. The molecule has 0 aromatic rings. The van der Waals surface area contributed by atoms with E-state index >= 15 is 0 Å². The predicted octanol–water partition coefficient (Wildman–Crippen LogP) is 1.64. The van der Waals surface area contributed by atoms with Crippen LogP contribution in [-0.2, 0) is 0 Å². The third-order valence-electron chi connectivity index (χ3n) is 3.71. The fourth-order valence-corrected chi connectivity index (χ4v) is 2.86.